The zero-order valence-corrected chi connectivity index (χ0v) is 13.0. The summed E-state index contributed by atoms with van der Waals surface area (Å²) >= 11 is 0. The van der Waals surface area contributed by atoms with Crippen LogP contribution in [0.2, 0.25) is 6.04 Å². The van der Waals surface area contributed by atoms with Crippen molar-refractivity contribution in [1.82, 2.24) is 0 Å². The molecule has 0 aliphatic carbocycles. The lowest BCUT2D eigenvalue weighted by Gasteiger charge is -2.23. The van der Waals surface area contributed by atoms with E-state index in [9.17, 15) is 0 Å². The van der Waals surface area contributed by atoms with Crippen molar-refractivity contribution in [3.8, 4) is 0 Å². The standard InChI is InChI=1S/C12H24NO4Si/c1-11-10-17-12(2)13(11)8-6-7-9-18(14-3,15-4)16-5/h10H,6-9H2,1-5H3/q+1. The van der Waals surface area contributed by atoms with E-state index in [2.05, 4.69) is 11.5 Å². The van der Waals surface area contributed by atoms with Crippen LogP contribution in [0.25, 0.3) is 0 Å². The molecule has 0 atom stereocenters. The minimum absolute atomic E-state index is 0.840. The molecule has 0 aliphatic heterocycles. The van der Waals surface area contributed by atoms with Gasteiger partial charge in [0.15, 0.2) is 12.8 Å². The van der Waals surface area contributed by atoms with Crippen molar-refractivity contribution in [2.24, 2.45) is 0 Å². The maximum absolute atomic E-state index is 5.39. The van der Waals surface area contributed by atoms with Gasteiger partial charge in [-0.1, -0.05) is 0 Å². The average Bonchev–Trinajstić information content (AvgIpc) is 2.71. The molecule has 0 fully saturated rings. The molecule has 5 nitrogen and oxygen atoms in total. The van der Waals surface area contributed by atoms with E-state index in [-0.39, 0.29) is 0 Å². The van der Waals surface area contributed by atoms with Crippen LogP contribution in [0.1, 0.15) is 24.4 Å². The quantitative estimate of drug-likeness (QED) is 0.412. The zero-order chi connectivity index (χ0) is 13.6. The van der Waals surface area contributed by atoms with Crippen LogP contribution in [0.5, 0.6) is 0 Å². The summed E-state index contributed by atoms with van der Waals surface area (Å²) in [5.41, 5.74) is 1.15. The molecule has 0 aliphatic rings. The topological polar surface area (TPSA) is 44.7 Å². The lowest BCUT2D eigenvalue weighted by atomic mass is 10.3. The van der Waals surface area contributed by atoms with Gasteiger partial charge in [-0.05, 0) is 6.42 Å². The second-order valence-corrected chi connectivity index (χ2v) is 7.39. The highest BCUT2D eigenvalue weighted by Gasteiger charge is 2.36. The first-order valence-corrected chi connectivity index (χ1v) is 8.11. The molecule has 0 radical (unpaired) electrons. The molecule has 1 rings (SSSR count). The number of rotatable bonds is 8. The Morgan fingerprint density at radius 2 is 1.72 bits per heavy atom. The molecule has 6 heteroatoms. The predicted molar refractivity (Wildman–Crippen MR) is 69.2 cm³/mol. The van der Waals surface area contributed by atoms with Gasteiger partial charge in [0.2, 0.25) is 5.69 Å². The molecule has 0 saturated carbocycles. The van der Waals surface area contributed by atoms with Crippen LogP contribution < -0.4 is 4.57 Å². The van der Waals surface area contributed by atoms with Gasteiger partial charge < -0.3 is 17.7 Å². The number of unbranched alkanes of at least 4 members (excludes halogenated alkanes) is 1. The number of nitrogens with zero attached hydrogens (tertiary/aromatic N) is 1. The van der Waals surface area contributed by atoms with E-state index >= 15 is 0 Å². The van der Waals surface area contributed by atoms with Crippen molar-refractivity contribution < 1.29 is 22.3 Å². The highest BCUT2D eigenvalue weighted by molar-refractivity contribution is 6.60. The van der Waals surface area contributed by atoms with Crippen LogP contribution in [-0.2, 0) is 19.8 Å². The second-order valence-electron chi connectivity index (χ2n) is 4.30. The molecule has 104 valence electrons. The molecule has 0 unspecified atom stereocenters. The van der Waals surface area contributed by atoms with Gasteiger partial charge in [-0.25, -0.2) is 0 Å². The van der Waals surface area contributed by atoms with E-state index in [1.807, 2.05) is 6.92 Å². The van der Waals surface area contributed by atoms with E-state index in [0.717, 1.165) is 37.0 Å². The molecule has 0 amide bonds. The van der Waals surface area contributed by atoms with Crippen LogP contribution in [0.15, 0.2) is 10.7 Å². The van der Waals surface area contributed by atoms with Gasteiger partial charge in [-0.2, -0.15) is 4.57 Å². The highest BCUT2D eigenvalue weighted by Crippen LogP contribution is 2.16. The van der Waals surface area contributed by atoms with Crippen molar-refractivity contribution in [1.29, 1.82) is 0 Å². The van der Waals surface area contributed by atoms with Crippen molar-refractivity contribution >= 4 is 8.80 Å². The lowest BCUT2D eigenvalue weighted by molar-refractivity contribution is -0.711. The molecule has 0 spiro atoms. The molecule has 0 N–H and O–H groups in total. The maximum atomic E-state index is 5.39. The largest absolute Gasteiger partial charge is 0.500 e. The third kappa shape index (κ3) is 3.65. The first-order chi connectivity index (χ1) is 8.58. The van der Waals surface area contributed by atoms with Crippen LogP contribution in [0, 0.1) is 13.8 Å². The molecule has 1 aromatic heterocycles. The number of hydrogen-bond acceptors (Lipinski definition) is 4. The Labute approximate surface area is 110 Å². The summed E-state index contributed by atoms with van der Waals surface area (Å²) in [6.45, 7) is 4.98. The minimum atomic E-state index is -2.40. The van der Waals surface area contributed by atoms with Gasteiger partial charge >= 0.3 is 14.7 Å². The summed E-state index contributed by atoms with van der Waals surface area (Å²) < 4.78 is 23.7. The van der Waals surface area contributed by atoms with E-state index < -0.39 is 8.80 Å². The SMILES string of the molecule is CO[Si](CCCC[n+]1c(C)coc1C)(OC)OC. The monoisotopic (exact) mass is 274 g/mol. The third-order valence-corrected chi connectivity index (χ3v) is 6.09. The summed E-state index contributed by atoms with van der Waals surface area (Å²) in [6.07, 6.45) is 3.85. The summed E-state index contributed by atoms with van der Waals surface area (Å²) in [4.78, 5) is 0. The van der Waals surface area contributed by atoms with Gasteiger partial charge in [0.1, 0.15) is 0 Å². The molecule has 1 heterocycles. The summed E-state index contributed by atoms with van der Waals surface area (Å²) in [5, 5.41) is 0. The average molecular weight is 274 g/mol. The van der Waals surface area contributed by atoms with Gasteiger partial charge in [-0.15, -0.1) is 0 Å². The minimum Gasteiger partial charge on any atom is -0.410 e. The first-order valence-electron chi connectivity index (χ1n) is 6.18. The molecule has 1 aromatic rings. The molecule has 0 bridgehead atoms. The Balaban J connectivity index is 2.39. The number of hydrogen-bond donors (Lipinski definition) is 0. The second kappa shape index (κ2) is 7.03. The van der Waals surface area contributed by atoms with E-state index in [0.29, 0.717) is 0 Å². The highest BCUT2D eigenvalue weighted by atomic mass is 28.4. The Kier molecular flexibility index (Phi) is 6.00. The Hall–Kier alpha value is -0.693. The van der Waals surface area contributed by atoms with E-state index in [4.69, 9.17) is 17.7 Å². The van der Waals surface area contributed by atoms with Crippen molar-refractivity contribution in [3.05, 3.63) is 17.8 Å². The van der Waals surface area contributed by atoms with Crippen LogP contribution in [-0.4, -0.2) is 30.1 Å². The van der Waals surface area contributed by atoms with Crippen molar-refractivity contribution in [3.63, 3.8) is 0 Å². The fraction of sp³-hybridized carbons (Fsp3) is 0.750. The first kappa shape index (κ1) is 15.4. The number of oxazole rings is 1. The van der Waals surface area contributed by atoms with Crippen molar-refractivity contribution in [2.75, 3.05) is 21.3 Å². The fourth-order valence-corrected chi connectivity index (χ4v) is 3.84. The Morgan fingerprint density at radius 3 is 2.17 bits per heavy atom. The molecular formula is C12H24NO4Si+. The summed E-state index contributed by atoms with van der Waals surface area (Å²) in [5.74, 6) is 0.946. The molecule has 0 saturated heterocycles. The molecule has 0 aromatic carbocycles. The third-order valence-electron chi connectivity index (χ3n) is 3.25. The summed E-state index contributed by atoms with van der Waals surface area (Å²) in [6, 6.07) is 0.840. The Bertz CT molecular complexity index is 335. The fourth-order valence-electron chi connectivity index (χ4n) is 2.05. The summed E-state index contributed by atoms with van der Waals surface area (Å²) in [7, 11) is 2.55. The van der Waals surface area contributed by atoms with Crippen molar-refractivity contribution in [2.45, 2.75) is 39.3 Å². The van der Waals surface area contributed by atoms with E-state index in [1.165, 1.54) is 0 Å². The lowest BCUT2D eigenvalue weighted by Crippen LogP contribution is -2.43. The van der Waals surface area contributed by atoms with Gasteiger partial charge in [0.25, 0.3) is 0 Å². The molecular weight excluding hydrogens is 250 g/mol. The van der Waals surface area contributed by atoms with Gasteiger partial charge in [0.05, 0.1) is 6.92 Å². The number of aryl methyl sites for hydroxylation is 2. The van der Waals surface area contributed by atoms with Gasteiger partial charge in [-0.3, -0.25) is 0 Å². The number of aromatic nitrogens is 1. The van der Waals surface area contributed by atoms with Crippen LogP contribution in [0.4, 0.5) is 0 Å². The smallest absolute Gasteiger partial charge is 0.410 e. The van der Waals surface area contributed by atoms with Gasteiger partial charge in [0, 0.05) is 40.7 Å². The van der Waals surface area contributed by atoms with Crippen LogP contribution in [0.3, 0.4) is 0 Å². The molecule has 18 heavy (non-hydrogen) atoms. The normalized spacial score (nSPS) is 12.1. The maximum Gasteiger partial charge on any atom is 0.500 e. The van der Waals surface area contributed by atoms with Crippen LogP contribution >= 0.6 is 0 Å². The zero-order valence-electron chi connectivity index (χ0n) is 12.0. The predicted octanol–water partition coefficient (Wildman–Crippen LogP) is 1.84. The Morgan fingerprint density at radius 1 is 1.11 bits per heavy atom. The van der Waals surface area contributed by atoms with E-state index in [1.54, 1.807) is 27.6 Å².